The van der Waals surface area contributed by atoms with Crippen LogP contribution in [0.1, 0.15) is 28.8 Å². The van der Waals surface area contributed by atoms with E-state index in [0.29, 0.717) is 22.6 Å². The smallest absolute Gasteiger partial charge is 0.196 e. The highest BCUT2D eigenvalue weighted by Gasteiger charge is 2.17. The third kappa shape index (κ3) is 3.16. The average Bonchev–Trinajstić information content (AvgIpc) is 3.15. The number of methoxy groups -OCH3 is 2. The molecule has 0 spiro atoms. The van der Waals surface area contributed by atoms with Crippen LogP contribution in [0.4, 0.5) is 5.69 Å². The first-order chi connectivity index (χ1) is 11.2. The van der Waals surface area contributed by atoms with E-state index >= 15 is 0 Å². The SMILES string of the molecule is COc1ccc(C(=O)c2ccc(N3CCCC3)cc2)c(OC)c1. The van der Waals surface area contributed by atoms with Crippen molar-refractivity contribution in [3.05, 3.63) is 53.6 Å². The molecule has 1 heterocycles. The first-order valence-corrected chi connectivity index (χ1v) is 7.84. The fraction of sp³-hybridized carbons (Fsp3) is 0.316. The lowest BCUT2D eigenvalue weighted by Crippen LogP contribution is -2.17. The maximum atomic E-state index is 12.7. The van der Waals surface area contributed by atoms with Gasteiger partial charge in [0.05, 0.1) is 19.8 Å². The Balaban J connectivity index is 1.85. The second-order valence-corrected chi connectivity index (χ2v) is 5.64. The summed E-state index contributed by atoms with van der Waals surface area (Å²) in [7, 11) is 3.15. The molecule has 0 atom stereocenters. The molecule has 0 saturated carbocycles. The first kappa shape index (κ1) is 15.4. The van der Waals surface area contributed by atoms with Crippen LogP contribution in [0.15, 0.2) is 42.5 Å². The van der Waals surface area contributed by atoms with Crippen molar-refractivity contribution in [2.45, 2.75) is 12.8 Å². The zero-order valence-electron chi connectivity index (χ0n) is 13.5. The Hall–Kier alpha value is -2.49. The number of ketones is 1. The van der Waals surface area contributed by atoms with Crippen molar-refractivity contribution in [1.29, 1.82) is 0 Å². The zero-order valence-corrected chi connectivity index (χ0v) is 13.5. The Bertz CT molecular complexity index is 688. The van der Waals surface area contributed by atoms with Crippen LogP contribution < -0.4 is 14.4 Å². The maximum Gasteiger partial charge on any atom is 0.196 e. The summed E-state index contributed by atoms with van der Waals surface area (Å²) < 4.78 is 10.5. The lowest BCUT2D eigenvalue weighted by atomic mass is 10.0. The highest BCUT2D eigenvalue weighted by atomic mass is 16.5. The molecular weight excluding hydrogens is 290 g/mol. The monoisotopic (exact) mass is 311 g/mol. The number of ether oxygens (including phenoxy) is 2. The molecule has 4 nitrogen and oxygen atoms in total. The molecule has 1 aliphatic rings. The minimum Gasteiger partial charge on any atom is -0.497 e. The van der Waals surface area contributed by atoms with Crippen molar-refractivity contribution in [3.8, 4) is 11.5 Å². The summed E-state index contributed by atoms with van der Waals surface area (Å²) in [5.41, 5.74) is 2.39. The molecule has 1 aliphatic heterocycles. The quantitative estimate of drug-likeness (QED) is 0.792. The summed E-state index contributed by atoms with van der Waals surface area (Å²) >= 11 is 0. The number of nitrogens with zero attached hydrogens (tertiary/aromatic N) is 1. The number of hydrogen-bond donors (Lipinski definition) is 0. The zero-order chi connectivity index (χ0) is 16.2. The van der Waals surface area contributed by atoms with Gasteiger partial charge in [0, 0.05) is 30.4 Å². The van der Waals surface area contributed by atoms with Crippen LogP contribution in [-0.2, 0) is 0 Å². The van der Waals surface area contributed by atoms with E-state index in [-0.39, 0.29) is 5.78 Å². The number of benzene rings is 2. The minimum absolute atomic E-state index is 0.0440. The van der Waals surface area contributed by atoms with Crippen molar-refractivity contribution < 1.29 is 14.3 Å². The highest BCUT2D eigenvalue weighted by Crippen LogP contribution is 2.28. The molecule has 4 heteroatoms. The van der Waals surface area contributed by atoms with Gasteiger partial charge < -0.3 is 14.4 Å². The molecule has 1 fully saturated rings. The molecule has 3 rings (SSSR count). The van der Waals surface area contributed by atoms with Gasteiger partial charge in [0.25, 0.3) is 0 Å². The molecule has 120 valence electrons. The number of rotatable bonds is 5. The molecule has 0 aliphatic carbocycles. The van der Waals surface area contributed by atoms with Gasteiger partial charge >= 0.3 is 0 Å². The fourth-order valence-electron chi connectivity index (χ4n) is 2.94. The summed E-state index contributed by atoms with van der Waals surface area (Å²) in [6.07, 6.45) is 2.48. The van der Waals surface area contributed by atoms with Gasteiger partial charge in [0.15, 0.2) is 5.78 Å². The van der Waals surface area contributed by atoms with Gasteiger partial charge in [-0.15, -0.1) is 0 Å². The van der Waals surface area contributed by atoms with Crippen molar-refractivity contribution in [1.82, 2.24) is 0 Å². The van der Waals surface area contributed by atoms with Gasteiger partial charge in [-0.25, -0.2) is 0 Å². The lowest BCUT2D eigenvalue weighted by Gasteiger charge is -2.17. The predicted octanol–water partition coefficient (Wildman–Crippen LogP) is 3.54. The predicted molar refractivity (Wildman–Crippen MR) is 90.9 cm³/mol. The Labute approximate surface area is 136 Å². The third-order valence-electron chi connectivity index (χ3n) is 4.25. The molecular formula is C19H21NO3. The van der Waals surface area contributed by atoms with E-state index in [1.807, 2.05) is 24.3 Å². The van der Waals surface area contributed by atoms with Gasteiger partial charge in [0.2, 0.25) is 0 Å². The molecule has 2 aromatic rings. The van der Waals surface area contributed by atoms with Gasteiger partial charge in [-0.05, 0) is 49.2 Å². The summed E-state index contributed by atoms with van der Waals surface area (Å²) in [4.78, 5) is 15.1. The van der Waals surface area contributed by atoms with E-state index < -0.39 is 0 Å². The van der Waals surface area contributed by atoms with Crippen molar-refractivity contribution in [3.63, 3.8) is 0 Å². The number of carbonyl (C=O) groups is 1. The Morgan fingerprint density at radius 3 is 2.26 bits per heavy atom. The second-order valence-electron chi connectivity index (χ2n) is 5.64. The minimum atomic E-state index is -0.0440. The highest BCUT2D eigenvalue weighted by molar-refractivity contribution is 6.11. The Morgan fingerprint density at radius 2 is 1.65 bits per heavy atom. The van der Waals surface area contributed by atoms with Crippen molar-refractivity contribution >= 4 is 11.5 Å². The molecule has 2 aromatic carbocycles. The molecule has 23 heavy (non-hydrogen) atoms. The lowest BCUT2D eigenvalue weighted by molar-refractivity contribution is 0.103. The van der Waals surface area contributed by atoms with Gasteiger partial charge in [0.1, 0.15) is 11.5 Å². The largest absolute Gasteiger partial charge is 0.497 e. The van der Waals surface area contributed by atoms with Crippen LogP contribution in [-0.4, -0.2) is 33.1 Å². The summed E-state index contributed by atoms with van der Waals surface area (Å²) in [6.45, 7) is 2.19. The topological polar surface area (TPSA) is 38.8 Å². The van der Waals surface area contributed by atoms with Crippen LogP contribution in [0.2, 0.25) is 0 Å². The Morgan fingerprint density at radius 1 is 0.957 bits per heavy atom. The fourth-order valence-corrected chi connectivity index (χ4v) is 2.94. The molecule has 0 radical (unpaired) electrons. The van der Waals surface area contributed by atoms with Crippen LogP contribution >= 0.6 is 0 Å². The van der Waals surface area contributed by atoms with Gasteiger partial charge in [-0.2, -0.15) is 0 Å². The van der Waals surface area contributed by atoms with Crippen molar-refractivity contribution in [2.75, 3.05) is 32.2 Å². The molecule has 1 saturated heterocycles. The third-order valence-corrected chi connectivity index (χ3v) is 4.25. The number of hydrogen-bond acceptors (Lipinski definition) is 4. The standard InChI is InChI=1S/C19H21NO3/c1-22-16-9-10-17(18(13-16)23-2)19(21)14-5-7-15(8-6-14)20-11-3-4-12-20/h5-10,13H,3-4,11-12H2,1-2H3. The van der Waals surface area contributed by atoms with Crippen LogP contribution in [0.25, 0.3) is 0 Å². The van der Waals surface area contributed by atoms with E-state index in [2.05, 4.69) is 4.90 Å². The van der Waals surface area contributed by atoms with E-state index in [9.17, 15) is 4.79 Å². The molecule has 0 N–H and O–H groups in total. The van der Waals surface area contributed by atoms with Gasteiger partial charge in [-0.3, -0.25) is 4.79 Å². The first-order valence-electron chi connectivity index (χ1n) is 7.84. The maximum absolute atomic E-state index is 12.7. The summed E-state index contributed by atoms with van der Waals surface area (Å²) in [5.74, 6) is 1.15. The van der Waals surface area contributed by atoms with E-state index in [0.717, 1.165) is 13.1 Å². The summed E-state index contributed by atoms with van der Waals surface area (Å²) in [5, 5.41) is 0. The van der Waals surface area contributed by atoms with Crippen molar-refractivity contribution in [2.24, 2.45) is 0 Å². The second kappa shape index (κ2) is 6.73. The summed E-state index contributed by atoms with van der Waals surface area (Å²) in [6, 6.07) is 13.1. The molecule has 0 unspecified atom stereocenters. The average molecular weight is 311 g/mol. The van der Waals surface area contributed by atoms with E-state index in [1.165, 1.54) is 18.5 Å². The Kier molecular flexibility index (Phi) is 4.51. The molecule has 0 amide bonds. The normalized spacial score (nSPS) is 13.9. The molecule has 0 aromatic heterocycles. The van der Waals surface area contributed by atoms with E-state index in [4.69, 9.17) is 9.47 Å². The molecule has 0 bridgehead atoms. The number of carbonyl (C=O) groups excluding carboxylic acids is 1. The van der Waals surface area contributed by atoms with Crippen LogP contribution in [0.5, 0.6) is 11.5 Å². The number of anilines is 1. The van der Waals surface area contributed by atoms with E-state index in [1.54, 1.807) is 32.4 Å². The van der Waals surface area contributed by atoms with Crippen LogP contribution in [0, 0.1) is 0 Å². The van der Waals surface area contributed by atoms with Crippen LogP contribution in [0.3, 0.4) is 0 Å². The van der Waals surface area contributed by atoms with Gasteiger partial charge in [-0.1, -0.05) is 0 Å².